The highest BCUT2D eigenvalue weighted by molar-refractivity contribution is 5.93. The van der Waals surface area contributed by atoms with E-state index in [2.05, 4.69) is 0 Å². The number of nitrogens with zero attached hydrogens (tertiary/aromatic N) is 1. The Bertz CT molecular complexity index is 535. The van der Waals surface area contributed by atoms with Crippen molar-refractivity contribution in [2.75, 3.05) is 0 Å². The quantitative estimate of drug-likeness (QED) is 0.858. The molecular weight excluding hydrogens is 277 g/mol. The summed E-state index contributed by atoms with van der Waals surface area (Å²) < 4.78 is 43.0. The Labute approximate surface area is 113 Å². The molecule has 1 amide bonds. The van der Waals surface area contributed by atoms with Crippen LogP contribution in [0.4, 0.5) is 13.2 Å². The first-order valence-electron chi connectivity index (χ1n) is 5.76. The number of nitrogens with two attached hydrogens (primary N) is 1. The van der Waals surface area contributed by atoms with Crippen LogP contribution in [0.25, 0.3) is 0 Å². The summed E-state index contributed by atoms with van der Waals surface area (Å²) in [4.78, 5) is 22.6. The fourth-order valence-corrected chi connectivity index (χ4v) is 1.71. The lowest BCUT2D eigenvalue weighted by Crippen LogP contribution is -2.30. The molecule has 0 fully saturated rings. The van der Waals surface area contributed by atoms with E-state index >= 15 is 0 Å². The fourth-order valence-electron chi connectivity index (χ4n) is 1.71. The zero-order valence-electron chi connectivity index (χ0n) is 11.2. The highest BCUT2D eigenvalue weighted by Gasteiger charge is 2.30. The first-order valence-corrected chi connectivity index (χ1v) is 5.76. The molecule has 1 heterocycles. The second-order valence-corrected chi connectivity index (χ2v) is 4.44. The molecular formula is C12H15F3N2O3. The van der Waals surface area contributed by atoms with E-state index in [1.165, 1.54) is 26.8 Å². The van der Waals surface area contributed by atoms with Crippen molar-refractivity contribution in [3.05, 3.63) is 23.0 Å². The topological polar surface area (TPSA) is 74.3 Å². The number of carbonyl (C=O) groups excluding carboxylic acids is 2. The lowest BCUT2D eigenvalue weighted by Gasteiger charge is -2.13. The molecule has 1 rings (SSSR count). The molecule has 20 heavy (non-hydrogen) atoms. The maximum absolute atomic E-state index is 12.4. The minimum Gasteiger partial charge on any atom is -0.449 e. The Kier molecular flexibility index (Phi) is 4.46. The van der Waals surface area contributed by atoms with Crippen LogP contribution in [0.1, 0.15) is 28.7 Å². The molecule has 8 heteroatoms. The maximum atomic E-state index is 12.4. The molecule has 0 bridgehead atoms. The van der Waals surface area contributed by atoms with Gasteiger partial charge in [0.15, 0.2) is 6.10 Å². The zero-order valence-corrected chi connectivity index (χ0v) is 11.2. The average Bonchev–Trinajstić information content (AvgIpc) is 2.55. The lowest BCUT2D eigenvalue weighted by molar-refractivity contribution is -0.141. The Hall–Kier alpha value is -1.99. The monoisotopic (exact) mass is 292 g/mol. The Morgan fingerprint density at radius 1 is 1.40 bits per heavy atom. The van der Waals surface area contributed by atoms with Crippen LogP contribution in [0.3, 0.4) is 0 Å². The van der Waals surface area contributed by atoms with Crippen molar-refractivity contribution in [3.63, 3.8) is 0 Å². The third-order valence-electron chi connectivity index (χ3n) is 2.82. The van der Waals surface area contributed by atoms with Gasteiger partial charge in [0.05, 0.1) is 5.56 Å². The number of rotatable bonds is 4. The molecule has 5 nitrogen and oxygen atoms in total. The third kappa shape index (κ3) is 3.75. The summed E-state index contributed by atoms with van der Waals surface area (Å²) >= 11 is 0. The molecule has 0 spiro atoms. The first kappa shape index (κ1) is 16.1. The van der Waals surface area contributed by atoms with Gasteiger partial charge in [-0.25, -0.2) is 4.79 Å². The van der Waals surface area contributed by atoms with E-state index in [1.807, 2.05) is 0 Å². The molecule has 0 saturated heterocycles. The summed E-state index contributed by atoms with van der Waals surface area (Å²) in [5, 5.41) is 0. The summed E-state index contributed by atoms with van der Waals surface area (Å²) in [6, 6.07) is 1.29. The SMILES string of the molecule is Cc1cc(C(=O)O[C@H](C)C(N)=O)c(C)n1CC(F)(F)F. The van der Waals surface area contributed by atoms with E-state index < -0.39 is 30.7 Å². The van der Waals surface area contributed by atoms with E-state index in [4.69, 9.17) is 10.5 Å². The van der Waals surface area contributed by atoms with Crippen molar-refractivity contribution in [3.8, 4) is 0 Å². The van der Waals surface area contributed by atoms with Crippen LogP contribution in [-0.2, 0) is 16.1 Å². The summed E-state index contributed by atoms with van der Waals surface area (Å²) in [6.07, 6.45) is -5.54. The summed E-state index contributed by atoms with van der Waals surface area (Å²) in [5.41, 5.74) is 5.34. The minimum absolute atomic E-state index is 0.0140. The van der Waals surface area contributed by atoms with Crippen LogP contribution >= 0.6 is 0 Å². The van der Waals surface area contributed by atoms with Crippen molar-refractivity contribution >= 4 is 11.9 Å². The van der Waals surface area contributed by atoms with Crippen LogP contribution in [0.15, 0.2) is 6.07 Å². The van der Waals surface area contributed by atoms with E-state index in [0.717, 1.165) is 4.57 Å². The van der Waals surface area contributed by atoms with Gasteiger partial charge >= 0.3 is 12.1 Å². The number of aryl methyl sites for hydroxylation is 1. The molecule has 0 aliphatic rings. The first-order chi connectivity index (χ1) is 9.03. The van der Waals surface area contributed by atoms with Gasteiger partial charge < -0.3 is 15.0 Å². The van der Waals surface area contributed by atoms with Crippen LogP contribution < -0.4 is 5.73 Å². The number of hydrogen-bond acceptors (Lipinski definition) is 3. The normalized spacial score (nSPS) is 13.1. The summed E-state index contributed by atoms with van der Waals surface area (Å²) in [6.45, 7) is 2.93. The number of ether oxygens (including phenoxy) is 1. The largest absolute Gasteiger partial charge is 0.449 e. The second-order valence-electron chi connectivity index (χ2n) is 4.44. The summed E-state index contributed by atoms with van der Waals surface area (Å²) in [7, 11) is 0. The predicted molar refractivity (Wildman–Crippen MR) is 64.0 cm³/mol. The molecule has 1 atom stereocenters. The number of halogens is 3. The van der Waals surface area contributed by atoms with Gasteiger partial charge in [0, 0.05) is 11.4 Å². The van der Waals surface area contributed by atoms with E-state index in [0.29, 0.717) is 0 Å². The van der Waals surface area contributed by atoms with Crippen molar-refractivity contribution in [2.45, 2.75) is 39.6 Å². The molecule has 0 aliphatic heterocycles. The van der Waals surface area contributed by atoms with Crippen LogP contribution in [-0.4, -0.2) is 28.7 Å². The Morgan fingerprint density at radius 3 is 2.40 bits per heavy atom. The van der Waals surface area contributed by atoms with Crippen molar-refractivity contribution in [2.24, 2.45) is 5.73 Å². The zero-order chi connectivity index (χ0) is 15.7. The second kappa shape index (κ2) is 5.56. The molecule has 0 radical (unpaired) electrons. The van der Waals surface area contributed by atoms with Crippen LogP contribution in [0.5, 0.6) is 0 Å². The van der Waals surface area contributed by atoms with E-state index in [-0.39, 0.29) is 17.0 Å². The van der Waals surface area contributed by atoms with Gasteiger partial charge in [0.2, 0.25) is 0 Å². The Balaban J connectivity index is 3.01. The van der Waals surface area contributed by atoms with Gasteiger partial charge in [-0.3, -0.25) is 4.79 Å². The van der Waals surface area contributed by atoms with Crippen molar-refractivity contribution in [1.82, 2.24) is 4.57 Å². The minimum atomic E-state index is -4.39. The summed E-state index contributed by atoms with van der Waals surface area (Å²) in [5.74, 6) is -1.71. The molecule has 0 aliphatic carbocycles. The van der Waals surface area contributed by atoms with Crippen molar-refractivity contribution in [1.29, 1.82) is 0 Å². The highest BCUT2D eigenvalue weighted by Crippen LogP contribution is 2.23. The fraction of sp³-hybridized carbons (Fsp3) is 0.500. The number of hydrogen-bond donors (Lipinski definition) is 1. The van der Waals surface area contributed by atoms with Gasteiger partial charge in [-0.2, -0.15) is 13.2 Å². The maximum Gasteiger partial charge on any atom is 0.406 e. The van der Waals surface area contributed by atoms with Crippen LogP contribution in [0, 0.1) is 13.8 Å². The molecule has 2 N–H and O–H groups in total. The van der Waals surface area contributed by atoms with Gasteiger partial charge in [-0.1, -0.05) is 0 Å². The highest BCUT2D eigenvalue weighted by atomic mass is 19.4. The van der Waals surface area contributed by atoms with Gasteiger partial charge in [-0.05, 0) is 26.8 Å². The van der Waals surface area contributed by atoms with Gasteiger partial charge in [-0.15, -0.1) is 0 Å². The number of aromatic nitrogens is 1. The standard InChI is InChI=1S/C12H15F3N2O3/c1-6-4-9(11(19)20-8(3)10(16)18)7(2)17(6)5-12(13,14)15/h4,8H,5H2,1-3H3,(H2,16,18)/t8-/m1/s1. The molecule has 1 aromatic rings. The molecule has 1 aromatic heterocycles. The molecule has 112 valence electrons. The Morgan fingerprint density at radius 2 is 1.95 bits per heavy atom. The molecule has 0 unspecified atom stereocenters. The lowest BCUT2D eigenvalue weighted by atomic mass is 10.2. The number of primary amides is 1. The van der Waals surface area contributed by atoms with E-state index in [9.17, 15) is 22.8 Å². The number of alkyl halides is 3. The number of esters is 1. The average molecular weight is 292 g/mol. The third-order valence-corrected chi connectivity index (χ3v) is 2.82. The van der Waals surface area contributed by atoms with Crippen molar-refractivity contribution < 1.29 is 27.5 Å². The van der Waals surface area contributed by atoms with Crippen LogP contribution in [0.2, 0.25) is 0 Å². The van der Waals surface area contributed by atoms with Gasteiger partial charge in [0.25, 0.3) is 5.91 Å². The van der Waals surface area contributed by atoms with E-state index in [1.54, 1.807) is 0 Å². The molecule has 0 aromatic carbocycles. The molecule has 0 saturated carbocycles. The van der Waals surface area contributed by atoms with Gasteiger partial charge in [0.1, 0.15) is 6.54 Å². The predicted octanol–water partition coefficient (Wildman–Crippen LogP) is 1.70. The number of carbonyl (C=O) groups is 2. The smallest absolute Gasteiger partial charge is 0.406 e. The number of amides is 1.